The number of carbonyl (C=O) groups is 2. The van der Waals surface area contributed by atoms with Crippen molar-refractivity contribution in [2.45, 2.75) is 32.8 Å². The zero-order chi connectivity index (χ0) is 13.4. The molecule has 0 heterocycles. The number of carbonyl (C=O) groups excluding carboxylic acids is 1. The first-order valence-corrected chi connectivity index (χ1v) is 6.02. The van der Waals surface area contributed by atoms with E-state index in [4.69, 9.17) is 9.84 Å². The van der Waals surface area contributed by atoms with Crippen LogP contribution in [0.4, 0.5) is 0 Å². The SMILES string of the molecule is CC(CCCC(=O)OCc1ccccc1)C(=O)O. The van der Waals surface area contributed by atoms with E-state index in [0.29, 0.717) is 12.8 Å². The van der Waals surface area contributed by atoms with E-state index in [-0.39, 0.29) is 19.0 Å². The summed E-state index contributed by atoms with van der Waals surface area (Å²) in [5.74, 6) is -1.52. The summed E-state index contributed by atoms with van der Waals surface area (Å²) >= 11 is 0. The first kappa shape index (κ1) is 14.2. The zero-order valence-electron chi connectivity index (χ0n) is 10.5. The molecule has 0 radical (unpaired) electrons. The largest absolute Gasteiger partial charge is 0.481 e. The van der Waals surface area contributed by atoms with Gasteiger partial charge in [0.1, 0.15) is 6.61 Å². The van der Waals surface area contributed by atoms with Crippen LogP contribution in [-0.2, 0) is 20.9 Å². The van der Waals surface area contributed by atoms with Crippen molar-refractivity contribution in [3.05, 3.63) is 35.9 Å². The van der Waals surface area contributed by atoms with Crippen LogP contribution < -0.4 is 0 Å². The van der Waals surface area contributed by atoms with E-state index in [0.717, 1.165) is 5.56 Å². The molecule has 1 atom stereocenters. The van der Waals surface area contributed by atoms with E-state index < -0.39 is 11.9 Å². The maximum Gasteiger partial charge on any atom is 0.306 e. The summed E-state index contributed by atoms with van der Waals surface area (Å²) in [6, 6.07) is 9.45. The molecule has 4 nitrogen and oxygen atoms in total. The fourth-order valence-electron chi connectivity index (χ4n) is 1.49. The second-order valence-corrected chi connectivity index (χ2v) is 4.28. The van der Waals surface area contributed by atoms with E-state index >= 15 is 0 Å². The smallest absolute Gasteiger partial charge is 0.306 e. The van der Waals surface area contributed by atoms with Gasteiger partial charge < -0.3 is 9.84 Å². The van der Waals surface area contributed by atoms with Gasteiger partial charge in [-0.2, -0.15) is 0 Å². The molecular formula is C14H18O4. The Bertz CT molecular complexity index is 386. The lowest BCUT2D eigenvalue weighted by Gasteiger charge is -2.06. The Hall–Kier alpha value is -1.84. The minimum atomic E-state index is -0.826. The van der Waals surface area contributed by atoms with Gasteiger partial charge in [0, 0.05) is 6.42 Å². The molecule has 1 aromatic rings. The normalized spacial score (nSPS) is 11.8. The summed E-state index contributed by atoms with van der Waals surface area (Å²) in [4.78, 5) is 22.0. The molecule has 4 heteroatoms. The van der Waals surface area contributed by atoms with Crippen LogP contribution in [0, 0.1) is 5.92 Å². The average molecular weight is 250 g/mol. The molecule has 0 saturated heterocycles. The van der Waals surface area contributed by atoms with Crippen LogP contribution in [0.25, 0.3) is 0 Å². The molecule has 98 valence electrons. The Labute approximate surface area is 107 Å². The van der Waals surface area contributed by atoms with Crippen LogP contribution in [0.5, 0.6) is 0 Å². The average Bonchev–Trinajstić information content (AvgIpc) is 2.37. The van der Waals surface area contributed by atoms with Gasteiger partial charge in [-0.05, 0) is 18.4 Å². The molecule has 0 bridgehead atoms. The van der Waals surface area contributed by atoms with Crippen LogP contribution in [-0.4, -0.2) is 17.0 Å². The standard InChI is InChI=1S/C14H18O4/c1-11(14(16)17)6-5-9-13(15)18-10-12-7-3-2-4-8-12/h2-4,7-8,11H,5-6,9-10H2,1H3,(H,16,17). The Kier molecular flexibility index (Phi) is 5.91. The van der Waals surface area contributed by atoms with E-state index in [1.807, 2.05) is 30.3 Å². The number of carboxylic acid groups (broad SMARTS) is 1. The minimum absolute atomic E-state index is 0.268. The zero-order valence-corrected chi connectivity index (χ0v) is 10.5. The van der Waals surface area contributed by atoms with E-state index in [2.05, 4.69) is 0 Å². The van der Waals surface area contributed by atoms with E-state index in [9.17, 15) is 9.59 Å². The molecule has 0 aromatic heterocycles. The van der Waals surface area contributed by atoms with Crippen molar-refractivity contribution in [3.8, 4) is 0 Å². The minimum Gasteiger partial charge on any atom is -0.481 e. The predicted octanol–water partition coefficient (Wildman–Crippen LogP) is 2.62. The summed E-state index contributed by atoms with van der Waals surface area (Å²) in [7, 11) is 0. The van der Waals surface area contributed by atoms with Gasteiger partial charge in [-0.3, -0.25) is 9.59 Å². The van der Waals surface area contributed by atoms with Crippen LogP contribution in [0.15, 0.2) is 30.3 Å². The third kappa shape index (κ3) is 5.48. The molecule has 0 aliphatic rings. The van der Waals surface area contributed by atoms with Crippen LogP contribution in [0.2, 0.25) is 0 Å². The summed E-state index contributed by atoms with van der Waals surface area (Å²) in [6.45, 7) is 1.91. The fourth-order valence-corrected chi connectivity index (χ4v) is 1.49. The Morgan fingerprint density at radius 2 is 1.94 bits per heavy atom. The molecule has 0 aliphatic heterocycles. The van der Waals surface area contributed by atoms with Gasteiger partial charge in [0.2, 0.25) is 0 Å². The summed E-state index contributed by atoms with van der Waals surface area (Å²) in [5.41, 5.74) is 0.949. The van der Waals surface area contributed by atoms with Crippen molar-refractivity contribution in [1.29, 1.82) is 0 Å². The maximum absolute atomic E-state index is 11.4. The highest BCUT2D eigenvalue weighted by Gasteiger charge is 2.11. The number of ether oxygens (including phenoxy) is 1. The van der Waals surface area contributed by atoms with Crippen LogP contribution in [0.3, 0.4) is 0 Å². The third-order valence-electron chi connectivity index (χ3n) is 2.68. The third-order valence-corrected chi connectivity index (χ3v) is 2.68. The highest BCUT2D eigenvalue weighted by molar-refractivity contribution is 5.70. The van der Waals surface area contributed by atoms with Crippen molar-refractivity contribution < 1.29 is 19.4 Å². The highest BCUT2D eigenvalue weighted by atomic mass is 16.5. The Morgan fingerprint density at radius 3 is 2.56 bits per heavy atom. The van der Waals surface area contributed by atoms with Crippen molar-refractivity contribution in [1.82, 2.24) is 0 Å². The molecule has 0 amide bonds. The second kappa shape index (κ2) is 7.48. The van der Waals surface area contributed by atoms with Crippen molar-refractivity contribution in [3.63, 3.8) is 0 Å². The number of carboxylic acids is 1. The van der Waals surface area contributed by atoms with E-state index in [1.165, 1.54) is 0 Å². The number of benzene rings is 1. The summed E-state index contributed by atoms with van der Waals surface area (Å²) < 4.78 is 5.08. The number of hydrogen-bond donors (Lipinski definition) is 1. The second-order valence-electron chi connectivity index (χ2n) is 4.28. The van der Waals surface area contributed by atoms with Gasteiger partial charge in [-0.25, -0.2) is 0 Å². The van der Waals surface area contributed by atoms with Gasteiger partial charge in [-0.15, -0.1) is 0 Å². The molecule has 0 fully saturated rings. The molecule has 18 heavy (non-hydrogen) atoms. The molecule has 1 N–H and O–H groups in total. The summed E-state index contributed by atoms with van der Waals surface area (Å²) in [5, 5.41) is 8.68. The van der Waals surface area contributed by atoms with Crippen LogP contribution >= 0.6 is 0 Å². The first-order valence-electron chi connectivity index (χ1n) is 6.02. The molecule has 0 spiro atoms. The van der Waals surface area contributed by atoms with Crippen LogP contribution in [0.1, 0.15) is 31.7 Å². The molecule has 1 aromatic carbocycles. The van der Waals surface area contributed by atoms with Gasteiger partial charge in [0.15, 0.2) is 0 Å². The molecule has 1 unspecified atom stereocenters. The van der Waals surface area contributed by atoms with Gasteiger partial charge in [-0.1, -0.05) is 37.3 Å². The topological polar surface area (TPSA) is 63.6 Å². The highest BCUT2D eigenvalue weighted by Crippen LogP contribution is 2.09. The molecular weight excluding hydrogens is 232 g/mol. The molecule has 1 rings (SSSR count). The molecule has 0 saturated carbocycles. The first-order chi connectivity index (χ1) is 8.59. The number of rotatable bonds is 7. The predicted molar refractivity (Wildman–Crippen MR) is 66.9 cm³/mol. The fraction of sp³-hybridized carbons (Fsp3) is 0.429. The van der Waals surface area contributed by atoms with Gasteiger partial charge in [0.05, 0.1) is 5.92 Å². The van der Waals surface area contributed by atoms with Gasteiger partial charge in [0.25, 0.3) is 0 Å². The van der Waals surface area contributed by atoms with Gasteiger partial charge >= 0.3 is 11.9 Å². The lowest BCUT2D eigenvalue weighted by Crippen LogP contribution is -2.10. The Balaban J connectivity index is 2.17. The summed E-state index contributed by atoms with van der Waals surface area (Å²) in [6.07, 6.45) is 1.31. The number of aliphatic carboxylic acids is 1. The quantitative estimate of drug-likeness (QED) is 0.755. The number of esters is 1. The lowest BCUT2D eigenvalue weighted by atomic mass is 10.0. The maximum atomic E-state index is 11.4. The Morgan fingerprint density at radius 1 is 1.28 bits per heavy atom. The number of hydrogen-bond acceptors (Lipinski definition) is 3. The van der Waals surface area contributed by atoms with E-state index in [1.54, 1.807) is 6.92 Å². The monoisotopic (exact) mass is 250 g/mol. The van der Waals surface area contributed by atoms with Crippen molar-refractivity contribution in [2.75, 3.05) is 0 Å². The van der Waals surface area contributed by atoms with Crippen molar-refractivity contribution in [2.24, 2.45) is 5.92 Å². The van der Waals surface area contributed by atoms with Crippen molar-refractivity contribution >= 4 is 11.9 Å². The lowest BCUT2D eigenvalue weighted by molar-refractivity contribution is -0.146. The molecule has 0 aliphatic carbocycles.